The number of hydrogen-bond donors (Lipinski definition) is 3. The third-order valence-corrected chi connectivity index (χ3v) is 4.35. The smallest absolute Gasteiger partial charge is 0.251 e. The van der Waals surface area contributed by atoms with Gasteiger partial charge in [0.15, 0.2) is 0 Å². The average Bonchev–Trinajstić information content (AvgIpc) is 3.19. The molecule has 0 aliphatic heterocycles. The minimum atomic E-state index is -0.249. The Morgan fingerprint density at radius 2 is 1.79 bits per heavy atom. The molecule has 0 saturated carbocycles. The molecule has 2 aromatic carbocycles. The number of halogens is 2. The van der Waals surface area contributed by atoms with E-state index in [1.54, 1.807) is 60.9 Å². The van der Waals surface area contributed by atoms with Gasteiger partial charge in [0, 0.05) is 16.3 Å². The van der Waals surface area contributed by atoms with Crippen molar-refractivity contribution in [3.05, 3.63) is 82.2 Å². The average molecular weight is 418 g/mol. The van der Waals surface area contributed by atoms with Crippen LogP contribution in [0.15, 0.2) is 65.3 Å². The van der Waals surface area contributed by atoms with Gasteiger partial charge in [-0.1, -0.05) is 23.2 Å². The molecule has 3 rings (SSSR count). The van der Waals surface area contributed by atoms with E-state index in [1.165, 1.54) is 0 Å². The van der Waals surface area contributed by atoms with Gasteiger partial charge in [0.2, 0.25) is 5.91 Å². The van der Waals surface area contributed by atoms with Crippen molar-refractivity contribution in [1.29, 1.82) is 0 Å². The fraction of sp³-hybridized carbons (Fsp3) is 0.100. The van der Waals surface area contributed by atoms with Crippen LogP contribution in [0.5, 0.6) is 0 Å². The maximum atomic E-state index is 12.1. The Kier molecular flexibility index (Phi) is 6.57. The Balaban J connectivity index is 1.49. The monoisotopic (exact) mass is 417 g/mol. The van der Waals surface area contributed by atoms with Crippen LogP contribution in [-0.4, -0.2) is 18.4 Å². The Labute approximate surface area is 171 Å². The first-order valence-corrected chi connectivity index (χ1v) is 9.16. The number of amides is 2. The molecule has 28 heavy (non-hydrogen) atoms. The van der Waals surface area contributed by atoms with Gasteiger partial charge in [0.05, 0.1) is 30.1 Å². The van der Waals surface area contributed by atoms with E-state index in [1.807, 2.05) is 0 Å². The normalized spacial score (nSPS) is 10.4. The van der Waals surface area contributed by atoms with Gasteiger partial charge in [0.25, 0.3) is 5.91 Å². The quantitative estimate of drug-likeness (QED) is 0.525. The maximum absolute atomic E-state index is 12.1. The SMILES string of the molecule is O=C(CNc1ccc(Cl)cc1Cl)Nc1ccc(C(=O)NCc2ccco2)cc1. The number of benzene rings is 2. The van der Waals surface area contributed by atoms with E-state index in [4.69, 9.17) is 27.6 Å². The summed E-state index contributed by atoms with van der Waals surface area (Å²) in [5.74, 6) is 0.194. The molecule has 0 spiro atoms. The molecule has 1 heterocycles. The first kappa shape index (κ1) is 19.8. The van der Waals surface area contributed by atoms with Crippen LogP contribution in [-0.2, 0) is 11.3 Å². The third kappa shape index (κ3) is 5.52. The van der Waals surface area contributed by atoms with Crippen LogP contribution in [0.3, 0.4) is 0 Å². The van der Waals surface area contributed by atoms with E-state index in [9.17, 15) is 9.59 Å². The lowest BCUT2D eigenvalue weighted by molar-refractivity contribution is -0.114. The minimum Gasteiger partial charge on any atom is -0.467 e. The van der Waals surface area contributed by atoms with Crippen LogP contribution in [0, 0.1) is 0 Å². The topological polar surface area (TPSA) is 83.4 Å². The number of nitrogens with one attached hydrogen (secondary N) is 3. The molecule has 1 aromatic heterocycles. The zero-order chi connectivity index (χ0) is 19.9. The summed E-state index contributed by atoms with van der Waals surface area (Å²) in [7, 11) is 0. The van der Waals surface area contributed by atoms with Crippen molar-refractivity contribution >= 4 is 46.4 Å². The van der Waals surface area contributed by atoms with Crippen LogP contribution in [0.1, 0.15) is 16.1 Å². The van der Waals surface area contributed by atoms with E-state index < -0.39 is 0 Å². The van der Waals surface area contributed by atoms with E-state index in [2.05, 4.69) is 16.0 Å². The molecule has 8 heteroatoms. The molecule has 0 unspecified atom stereocenters. The second-order valence-electron chi connectivity index (χ2n) is 5.87. The van der Waals surface area contributed by atoms with Crippen LogP contribution < -0.4 is 16.0 Å². The molecule has 6 nitrogen and oxygen atoms in total. The first-order valence-electron chi connectivity index (χ1n) is 8.40. The lowest BCUT2D eigenvalue weighted by atomic mass is 10.2. The van der Waals surface area contributed by atoms with Gasteiger partial charge < -0.3 is 20.4 Å². The van der Waals surface area contributed by atoms with Crippen LogP contribution in [0.4, 0.5) is 11.4 Å². The van der Waals surface area contributed by atoms with Crippen molar-refractivity contribution in [3.8, 4) is 0 Å². The van der Waals surface area contributed by atoms with Crippen molar-refractivity contribution in [3.63, 3.8) is 0 Å². The Hall–Kier alpha value is -2.96. The van der Waals surface area contributed by atoms with E-state index in [0.29, 0.717) is 39.3 Å². The summed E-state index contributed by atoms with van der Waals surface area (Å²) in [5.41, 5.74) is 1.68. The minimum absolute atomic E-state index is 0.0345. The zero-order valence-electron chi connectivity index (χ0n) is 14.7. The summed E-state index contributed by atoms with van der Waals surface area (Å²) in [6.07, 6.45) is 1.55. The summed E-state index contributed by atoms with van der Waals surface area (Å²) in [4.78, 5) is 24.2. The molecule has 144 valence electrons. The van der Waals surface area contributed by atoms with Crippen molar-refractivity contribution in [1.82, 2.24) is 5.32 Å². The summed E-state index contributed by atoms with van der Waals surface area (Å²) >= 11 is 11.9. The summed E-state index contributed by atoms with van der Waals surface area (Å²) in [6.45, 7) is 0.343. The molecular weight excluding hydrogens is 401 g/mol. The van der Waals surface area contributed by atoms with Gasteiger partial charge in [-0.25, -0.2) is 0 Å². The predicted octanol–water partition coefficient (Wildman–Crippen LogP) is 4.57. The lowest BCUT2D eigenvalue weighted by Gasteiger charge is -2.10. The summed E-state index contributed by atoms with van der Waals surface area (Å²) in [5, 5.41) is 9.40. The van der Waals surface area contributed by atoms with Crippen molar-refractivity contribution in [2.24, 2.45) is 0 Å². The van der Waals surface area contributed by atoms with Crippen LogP contribution in [0.2, 0.25) is 10.0 Å². The fourth-order valence-corrected chi connectivity index (χ4v) is 2.88. The molecule has 0 atom stereocenters. The summed E-state index contributed by atoms with van der Waals surface area (Å²) < 4.78 is 5.17. The number of anilines is 2. The molecule has 0 fully saturated rings. The first-order chi connectivity index (χ1) is 13.5. The van der Waals surface area contributed by atoms with E-state index in [0.717, 1.165) is 0 Å². The highest BCUT2D eigenvalue weighted by Gasteiger charge is 2.08. The molecule has 0 radical (unpaired) electrons. The van der Waals surface area contributed by atoms with Crippen molar-refractivity contribution in [2.75, 3.05) is 17.2 Å². The van der Waals surface area contributed by atoms with Crippen molar-refractivity contribution < 1.29 is 14.0 Å². The highest BCUT2D eigenvalue weighted by atomic mass is 35.5. The van der Waals surface area contributed by atoms with Crippen LogP contribution >= 0.6 is 23.2 Å². The number of hydrogen-bond acceptors (Lipinski definition) is 4. The van der Waals surface area contributed by atoms with Gasteiger partial charge in [-0.2, -0.15) is 0 Å². The number of carbonyl (C=O) groups excluding carboxylic acids is 2. The largest absolute Gasteiger partial charge is 0.467 e. The standard InChI is InChI=1S/C20H17Cl2N3O3/c21-14-5-8-18(17(22)10-14)23-12-19(26)25-15-6-3-13(4-7-15)20(27)24-11-16-2-1-9-28-16/h1-10,23H,11-12H2,(H,24,27)(H,25,26). The van der Waals surface area contributed by atoms with Gasteiger partial charge in [-0.3, -0.25) is 9.59 Å². The number of carbonyl (C=O) groups is 2. The maximum Gasteiger partial charge on any atom is 0.251 e. The third-order valence-electron chi connectivity index (χ3n) is 3.80. The van der Waals surface area contributed by atoms with Gasteiger partial charge in [0.1, 0.15) is 5.76 Å². The predicted molar refractivity (Wildman–Crippen MR) is 110 cm³/mol. The highest BCUT2D eigenvalue weighted by Crippen LogP contribution is 2.25. The number of rotatable bonds is 7. The second-order valence-corrected chi connectivity index (χ2v) is 6.71. The van der Waals surface area contributed by atoms with Crippen LogP contribution in [0.25, 0.3) is 0 Å². The molecule has 0 aliphatic carbocycles. The second kappa shape index (κ2) is 9.30. The molecule has 3 aromatic rings. The Morgan fingerprint density at radius 3 is 2.46 bits per heavy atom. The highest BCUT2D eigenvalue weighted by molar-refractivity contribution is 6.36. The molecule has 0 saturated heterocycles. The van der Waals surface area contributed by atoms with Gasteiger partial charge >= 0.3 is 0 Å². The van der Waals surface area contributed by atoms with E-state index >= 15 is 0 Å². The lowest BCUT2D eigenvalue weighted by Crippen LogP contribution is -2.23. The van der Waals surface area contributed by atoms with Crippen molar-refractivity contribution in [2.45, 2.75) is 6.54 Å². The van der Waals surface area contributed by atoms with E-state index in [-0.39, 0.29) is 18.4 Å². The fourth-order valence-electron chi connectivity index (χ4n) is 2.40. The molecule has 2 amide bonds. The Bertz CT molecular complexity index is 957. The van der Waals surface area contributed by atoms with Gasteiger partial charge in [-0.15, -0.1) is 0 Å². The molecule has 0 bridgehead atoms. The molecule has 3 N–H and O–H groups in total. The zero-order valence-corrected chi connectivity index (χ0v) is 16.2. The molecular formula is C20H17Cl2N3O3. The number of furan rings is 1. The Morgan fingerprint density at radius 1 is 1.00 bits per heavy atom. The molecule has 0 aliphatic rings. The van der Waals surface area contributed by atoms with Gasteiger partial charge in [-0.05, 0) is 54.6 Å². The summed E-state index contributed by atoms with van der Waals surface area (Å²) in [6, 6.07) is 15.1.